The van der Waals surface area contributed by atoms with Gasteiger partial charge in [-0.15, -0.1) is 0 Å². The lowest BCUT2D eigenvalue weighted by molar-refractivity contribution is -0.123. The second-order valence-electron chi connectivity index (χ2n) is 7.75. The van der Waals surface area contributed by atoms with Crippen LogP contribution in [0.3, 0.4) is 0 Å². The number of rotatable bonds is 7. The van der Waals surface area contributed by atoms with Gasteiger partial charge in [0, 0.05) is 29.1 Å². The van der Waals surface area contributed by atoms with E-state index >= 15 is 0 Å². The second kappa shape index (κ2) is 8.77. The summed E-state index contributed by atoms with van der Waals surface area (Å²) in [6, 6.07) is 11.4. The number of aromatic nitrogens is 2. The first-order chi connectivity index (χ1) is 14.2. The quantitative estimate of drug-likeness (QED) is 0.473. The van der Waals surface area contributed by atoms with E-state index in [9.17, 15) is 14.4 Å². The molecule has 0 fully saturated rings. The van der Waals surface area contributed by atoms with Crippen LogP contribution in [0.1, 0.15) is 47.4 Å². The number of amides is 1. The van der Waals surface area contributed by atoms with Crippen molar-refractivity contribution in [1.82, 2.24) is 9.78 Å². The topological polar surface area (TPSA) is 103 Å². The predicted octanol–water partition coefficient (Wildman–Crippen LogP) is 3.55. The van der Waals surface area contributed by atoms with Crippen molar-refractivity contribution in [3.63, 3.8) is 0 Å². The third-order valence-corrected chi connectivity index (χ3v) is 4.22. The molecule has 1 N–H and O–H groups in total. The number of esters is 1. The Labute approximate surface area is 173 Å². The maximum absolute atomic E-state index is 12.3. The van der Waals surface area contributed by atoms with Crippen LogP contribution < -0.4 is 5.32 Å². The first-order valence-electron chi connectivity index (χ1n) is 9.40. The fourth-order valence-electron chi connectivity index (χ4n) is 2.47. The Kier molecular flexibility index (Phi) is 6.15. The molecule has 8 nitrogen and oxygen atoms in total. The second-order valence-corrected chi connectivity index (χ2v) is 7.75. The lowest BCUT2D eigenvalue weighted by Crippen LogP contribution is -2.27. The zero-order chi connectivity index (χ0) is 21.7. The van der Waals surface area contributed by atoms with Gasteiger partial charge < -0.3 is 14.5 Å². The smallest absolute Gasteiger partial charge is 0.374 e. The summed E-state index contributed by atoms with van der Waals surface area (Å²) in [6.07, 6.45) is 3.42. The molecule has 0 spiro atoms. The lowest BCUT2D eigenvalue weighted by Gasteiger charge is -2.17. The molecule has 0 aliphatic heterocycles. The van der Waals surface area contributed by atoms with Gasteiger partial charge in [-0.2, -0.15) is 5.10 Å². The number of ketones is 1. The molecule has 2 aromatic heterocycles. The highest BCUT2D eigenvalue weighted by atomic mass is 16.5. The van der Waals surface area contributed by atoms with Crippen molar-refractivity contribution < 1.29 is 23.5 Å². The third kappa shape index (κ3) is 5.44. The van der Waals surface area contributed by atoms with E-state index in [0.717, 1.165) is 0 Å². The van der Waals surface area contributed by atoms with Crippen molar-refractivity contribution in [2.24, 2.45) is 5.41 Å². The normalized spacial score (nSPS) is 11.2. The molecule has 2 heterocycles. The number of hydrogen-bond donors (Lipinski definition) is 1. The molecule has 30 heavy (non-hydrogen) atoms. The average Bonchev–Trinajstić information content (AvgIpc) is 3.38. The van der Waals surface area contributed by atoms with Crippen LogP contribution in [0, 0.1) is 5.41 Å². The van der Waals surface area contributed by atoms with Crippen molar-refractivity contribution in [1.29, 1.82) is 0 Å². The molecule has 0 radical (unpaired) electrons. The van der Waals surface area contributed by atoms with Crippen LogP contribution in [-0.2, 0) is 16.1 Å². The van der Waals surface area contributed by atoms with E-state index in [2.05, 4.69) is 10.4 Å². The van der Waals surface area contributed by atoms with E-state index in [4.69, 9.17) is 9.15 Å². The van der Waals surface area contributed by atoms with E-state index in [-0.39, 0.29) is 17.5 Å². The summed E-state index contributed by atoms with van der Waals surface area (Å²) in [5.41, 5.74) is 0.437. The van der Waals surface area contributed by atoms with Crippen LogP contribution in [0.5, 0.6) is 0 Å². The van der Waals surface area contributed by atoms with Gasteiger partial charge in [-0.05, 0) is 42.5 Å². The van der Waals surface area contributed by atoms with Gasteiger partial charge >= 0.3 is 5.97 Å². The largest absolute Gasteiger partial charge is 0.452 e. The number of furan rings is 1. The van der Waals surface area contributed by atoms with Gasteiger partial charge in [0.2, 0.25) is 11.7 Å². The SMILES string of the molecule is CC(C)(C)C(=O)Nc1ccc(C(=O)COC(=O)c2ccc(Cn3cccn3)o2)cc1. The van der Waals surface area contributed by atoms with Gasteiger partial charge in [0.05, 0.1) is 6.54 Å². The molecule has 0 atom stereocenters. The first-order valence-corrected chi connectivity index (χ1v) is 9.40. The summed E-state index contributed by atoms with van der Waals surface area (Å²) in [7, 11) is 0. The summed E-state index contributed by atoms with van der Waals surface area (Å²) in [5.74, 6) is -0.638. The zero-order valence-corrected chi connectivity index (χ0v) is 17.0. The van der Waals surface area contributed by atoms with Crippen molar-refractivity contribution in [2.45, 2.75) is 27.3 Å². The van der Waals surface area contributed by atoms with Gasteiger partial charge in [0.1, 0.15) is 5.76 Å². The molecule has 0 bridgehead atoms. The Morgan fingerprint density at radius 1 is 1.10 bits per heavy atom. The number of ether oxygens (including phenoxy) is 1. The number of carbonyl (C=O) groups excluding carboxylic acids is 3. The maximum atomic E-state index is 12.3. The van der Waals surface area contributed by atoms with Crippen molar-refractivity contribution >= 4 is 23.3 Å². The fourth-order valence-corrected chi connectivity index (χ4v) is 2.47. The van der Waals surface area contributed by atoms with E-state index in [1.54, 1.807) is 53.5 Å². The fraction of sp³-hybridized carbons (Fsp3) is 0.273. The summed E-state index contributed by atoms with van der Waals surface area (Å²) < 4.78 is 12.2. The standard InChI is InChI=1S/C22H23N3O5/c1-22(2,3)21(28)24-16-7-5-15(6-8-16)18(26)14-29-20(27)19-10-9-17(30-19)13-25-12-4-11-23-25/h4-12H,13-14H2,1-3H3,(H,24,28). The molecule has 3 aromatic rings. The Morgan fingerprint density at radius 3 is 2.47 bits per heavy atom. The number of anilines is 1. The molecular formula is C22H23N3O5. The van der Waals surface area contributed by atoms with Gasteiger partial charge in [0.25, 0.3) is 0 Å². The van der Waals surface area contributed by atoms with E-state index < -0.39 is 18.0 Å². The van der Waals surface area contributed by atoms with Gasteiger partial charge in [-0.3, -0.25) is 14.3 Å². The maximum Gasteiger partial charge on any atom is 0.374 e. The van der Waals surface area contributed by atoms with Crippen LogP contribution in [0.25, 0.3) is 0 Å². The number of benzene rings is 1. The lowest BCUT2D eigenvalue weighted by atomic mass is 9.95. The Hall–Kier alpha value is -3.68. The first kappa shape index (κ1) is 21.0. The minimum Gasteiger partial charge on any atom is -0.452 e. The van der Waals surface area contributed by atoms with E-state index in [0.29, 0.717) is 23.6 Å². The van der Waals surface area contributed by atoms with Crippen molar-refractivity contribution in [3.8, 4) is 0 Å². The molecule has 1 amide bonds. The average molecular weight is 409 g/mol. The highest BCUT2D eigenvalue weighted by Crippen LogP contribution is 2.18. The molecular weight excluding hydrogens is 386 g/mol. The van der Waals surface area contributed by atoms with Crippen LogP contribution in [0.4, 0.5) is 5.69 Å². The van der Waals surface area contributed by atoms with Gasteiger partial charge in [-0.25, -0.2) is 4.79 Å². The number of nitrogens with zero attached hydrogens (tertiary/aromatic N) is 2. The van der Waals surface area contributed by atoms with Crippen LogP contribution >= 0.6 is 0 Å². The molecule has 3 rings (SSSR count). The number of carbonyl (C=O) groups is 3. The summed E-state index contributed by atoms with van der Waals surface area (Å²) in [4.78, 5) is 36.4. The van der Waals surface area contributed by atoms with Crippen LogP contribution in [0.2, 0.25) is 0 Å². The zero-order valence-electron chi connectivity index (χ0n) is 17.0. The summed E-state index contributed by atoms with van der Waals surface area (Å²) in [6.45, 7) is 5.41. The summed E-state index contributed by atoms with van der Waals surface area (Å²) >= 11 is 0. The van der Waals surface area contributed by atoms with Gasteiger partial charge in [0.15, 0.2) is 12.4 Å². The van der Waals surface area contributed by atoms with Crippen molar-refractivity contribution in [2.75, 3.05) is 11.9 Å². The van der Waals surface area contributed by atoms with Crippen LogP contribution in [-0.4, -0.2) is 34.0 Å². The van der Waals surface area contributed by atoms with Crippen LogP contribution in [0.15, 0.2) is 59.3 Å². The molecule has 0 aliphatic rings. The highest BCUT2D eigenvalue weighted by molar-refractivity contribution is 6.00. The third-order valence-electron chi connectivity index (χ3n) is 4.22. The van der Waals surface area contributed by atoms with Gasteiger partial charge in [-0.1, -0.05) is 20.8 Å². The highest BCUT2D eigenvalue weighted by Gasteiger charge is 2.21. The molecule has 1 aromatic carbocycles. The number of Topliss-reactive ketones (excluding diaryl/α,β-unsaturated/α-hetero) is 1. The predicted molar refractivity (Wildman–Crippen MR) is 109 cm³/mol. The monoisotopic (exact) mass is 409 g/mol. The molecule has 0 saturated carbocycles. The number of hydrogen-bond acceptors (Lipinski definition) is 6. The Bertz CT molecular complexity index is 1030. The molecule has 0 unspecified atom stereocenters. The number of nitrogens with one attached hydrogen (secondary N) is 1. The minimum atomic E-state index is -0.718. The minimum absolute atomic E-state index is 0.0187. The molecule has 156 valence electrons. The Morgan fingerprint density at radius 2 is 1.83 bits per heavy atom. The Balaban J connectivity index is 1.52. The van der Waals surface area contributed by atoms with Crippen molar-refractivity contribution in [3.05, 3.63) is 71.9 Å². The molecule has 8 heteroatoms. The molecule has 0 saturated heterocycles. The van der Waals surface area contributed by atoms with E-state index in [1.165, 1.54) is 6.07 Å². The molecule has 0 aliphatic carbocycles. The van der Waals surface area contributed by atoms with E-state index in [1.807, 2.05) is 20.8 Å². The summed E-state index contributed by atoms with van der Waals surface area (Å²) in [5, 5.41) is 6.85.